The van der Waals surface area contributed by atoms with Crippen LogP contribution in [0.4, 0.5) is 0 Å². The topological polar surface area (TPSA) is 32.3 Å². The average Bonchev–Trinajstić information content (AvgIpc) is 2.39. The van der Waals surface area contributed by atoms with E-state index in [0.717, 1.165) is 18.8 Å². The summed E-state index contributed by atoms with van der Waals surface area (Å²) < 4.78 is 0. The molecule has 2 aliphatic rings. The number of halogens is 1. The van der Waals surface area contributed by atoms with Gasteiger partial charge in [-0.1, -0.05) is 13.8 Å². The van der Waals surface area contributed by atoms with Crippen LogP contribution in [0.15, 0.2) is 0 Å². The second-order valence-corrected chi connectivity index (χ2v) is 7.45. The van der Waals surface area contributed by atoms with E-state index in [1.165, 1.54) is 31.4 Å². The van der Waals surface area contributed by atoms with Crippen molar-refractivity contribution in [3.05, 3.63) is 0 Å². The molecule has 2 heterocycles. The predicted octanol–water partition coefficient (Wildman–Crippen LogP) is 2.93. The fourth-order valence-electron chi connectivity index (χ4n) is 3.20. The number of carbonyl (C=O) groups excluding carboxylic acids is 1. The van der Waals surface area contributed by atoms with E-state index in [1.54, 1.807) is 0 Å². The second kappa shape index (κ2) is 9.16. The molecular weight excluding hydrogens is 292 g/mol. The lowest BCUT2D eigenvalue weighted by atomic mass is 9.93. The molecule has 0 spiro atoms. The third-order valence-electron chi connectivity index (χ3n) is 4.11. The van der Waals surface area contributed by atoms with Crippen LogP contribution in [0.2, 0.25) is 0 Å². The Kier molecular flexibility index (Phi) is 8.30. The van der Waals surface area contributed by atoms with Gasteiger partial charge in [-0.05, 0) is 31.6 Å². The smallest absolute Gasteiger partial charge is 0.224 e. The van der Waals surface area contributed by atoms with Crippen molar-refractivity contribution in [3.63, 3.8) is 0 Å². The standard InChI is InChI=1S/C15H28N2OS.ClH/c1-12(2)9-14-5-3-4-7-17(14)15(18)10-13-11-19-8-6-16-13;/h12-14,16H,3-11H2,1-2H3;1H. The first-order chi connectivity index (χ1) is 9.16. The SMILES string of the molecule is CC(C)CC1CCCCN1C(=O)CC1CSCCN1.Cl. The zero-order valence-corrected chi connectivity index (χ0v) is 14.4. The Labute approximate surface area is 134 Å². The summed E-state index contributed by atoms with van der Waals surface area (Å²) >= 11 is 1.97. The predicted molar refractivity (Wildman–Crippen MR) is 89.8 cm³/mol. The molecule has 2 aliphatic heterocycles. The number of rotatable bonds is 4. The summed E-state index contributed by atoms with van der Waals surface area (Å²) in [5.74, 6) is 3.34. The highest BCUT2D eigenvalue weighted by Crippen LogP contribution is 2.24. The van der Waals surface area contributed by atoms with Crippen molar-refractivity contribution in [2.75, 3.05) is 24.6 Å². The lowest BCUT2D eigenvalue weighted by Gasteiger charge is -2.38. The van der Waals surface area contributed by atoms with Gasteiger partial charge in [0.15, 0.2) is 0 Å². The van der Waals surface area contributed by atoms with E-state index in [0.29, 0.717) is 30.3 Å². The highest BCUT2D eigenvalue weighted by atomic mass is 35.5. The Balaban J connectivity index is 0.00000200. The molecule has 2 unspecified atom stereocenters. The lowest BCUT2D eigenvalue weighted by molar-refractivity contribution is -0.135. The van der Waals surface area contributed by atoms with Crippen molar-refractivity contribution in [2.45, 2.75) is 58.0 Å². The molecule has 0 aromatic rings. The number of piperidine rings is 1. The molecular formula is C15H29ClN2OS. The molecule has 20 heavy (non-hydrogen) atoms. The van der Waals surface area contributed by atoms with Crippen LogP contribution in [0.25, 0.3) is 0 Å². The fraction of sp³-hybridized carbons (Fsp3) is 0.933. The second-order valence-electron chi connectivity index (χ2n) is 6.30. The van der Waals surface area contributed by atoms with Crippen LogP contribution >= 0.6 is 24.2 Å². The molecule has 2 fully saturated rings. The van der Waals surface area contributed by atoms with Crippen LogP contribution in [0.1, 0.15) is 46.0 Å². The molecule has 2 atom stereocenters. The normalized spacial score (nSPS) is 27.2. The first-order valence-corrected chi connectivity index (χ1v) is 8.93. The molecule has 118 valence electrons. The lowest BCUT2D eigenvalue weighted by Crippen LogP contribution is -2.48. The molecule has 0 aromatic heterocycles. The first kappa shape index (κ1) is 18.1. The zero-order valence-electron chi connectivity index (χ0n) is 12.8. The maximum atomic E-state index is 12.5. The molecule has 0 saturated carbocycles. The van der Waals surface area contributed by atoms with Crippen molar-refractivity contribution in [3.8, 4) is 0 Å². The van der Waals surface area contributed by atoms with Gasteiger partial charge in [0.1, 0.15) is 0 Å². The Bertz CT molecular complexity index is 296. The summed E-state index contributed by atoms with van der Waals surface area (Å²) in [5, 5.41) is 3.48. The molecule has 0 bridgehead atoms. The molecule has 1 amide bonds. The third-order valence-corrected chi connectivity index (χ3v) is 5.24. The van der Waals surface area contributed by atoms with Gasteiger partial charge < -0.3 is 10.2 Å². The molecule has 3 nitrogen and oxygen atoms in total. The van der Waals surface area contributed by atoms with Crippen molar-refractivity contribution in [1.82, 2.24) is 10.2 Å². The first-order valence-electron chi connectivity index (χ1n) is 7.77. The van der Waals surface area contributed by atoms with Crippen LogP contribution in [0.3, 0.4) is 0 Å². The van der Waals surface area contributed by atoms with Crippen LogP contribution in [-0.2, 0) is 4.79 Å². The quantitative estimate of drug-likeness (QED) is 0.864. The van der Waals surface area contributed by atoms with Gasteiger partial charge in [0.05, 0.1) is 0 Å². The van der Waals surface area contributed by atoms with Gasteiger partial charge in [-0.15, -0.1) is 12.4 Å². The third kappa shape index (κ3) is 5.45. The van der Waals surface area contributed by atoms with Gasteiger partial charge in [-0.25, -0.2) is 0 Å². The van der Waals surface area contributed by atoms with Gasteiger partial charge >= 0.3 is 0 Å². The molecule has 2 saturated heterocycles. The van der Waals surface area contributed by atoms with Crippen molar-refractivity contribution >= 4 is 30.1 Å². The van der Waals surface area contributed by atoms with Crippen LogP contribution in [0, 0.1) is 5.92 Å². The summed E-state index contributed by atoms with van der Waals surface area (Å²) in [7, 11) is 0. The van der Waals surface area contributed by atoms with Gasteiger partial charge in [-0.2, -0.15) is 11.8 Å². The number of hydrogen-bond acceptors (Lipinski definition) is 3. The van der Waals surface area contributed by atoms with E-state index in [2.05, 4.69) is 24.1 Å². The highest BCUT2D eigenvalue weighted by molar-refractivity contribution is 7.99. The van der Waals surface area contributed by atoms with E-state index in [-0.39, 0.29) is 12.4 Å². The molecule has 0 aromatic carbocycles. The Morgan fingerprint density at radius 3 is 2.85 bits per heavy atom. The summed E-state index contributed by atoms with van der Waals surface area (Å²) in [6, 6.07) is 0.894. The summed E-state index contributed by atoms with van der Waals surface area (Å²) in [6.07, 6.45) is 5.54. The zero-order chi connectivity index (χ0) is 13.7. The number of hydrogen-bond donors (Lipinski definition) is 1. The number of nitrogens with zero attached hydrogens (tertiary/aromatic N) is 1. The number of nitrogens with one attached hydrogen (secondary N) is 1. The van der Waals surface area contributed by atoms with Crippen LogP contribution in [0.5, 0.6) is 0 Å². The van der Waals surface area contributed by atoms with Gasteiger partial charge in [-0.3, -0.25) is 4.79 Å². The molecule has 5 heteroatoms. The minimum Gasteiger partial charge on any atom is -0.340 e. The van der Waals surface area contributed by atoms with Crippen LogP contribution < -0.4 is 5.32 Å². The molecule has 1 N–H and O–H groups in total. The monoisotopic (exact) mass is 320 g/mol. The summed E-state index contributed by atoms with van der Waals surface area (Å²) in [5.41, 5.74) is 0. The molecule has 0 aliphatic carbocycles. The van der Waals surface area contributed by atoms with E-state index >= 15 is 0 Å². The number of carbonyl (C=O) groups is 1. The highest BCUT2D eigenvalue weighted by Gasteiger charge is 2.28. The Morgan fingerprint density at radius 1 is 1.40 bits per heavy atom. The Morgan fingerprint density at radius 2 is 2.20 bits per heavy atom. The van der Waals surface area contributed by atoms with Crippen molar-refractivity contribution in [2.24, 2.45) is 5.92 Å². The van der Waals surface area contributed by atoms with Gasteiger partial charge in [0.25, 0.3) is 0 Å². The van der Waals surface area contributed by atoms with Crippen molar-refractivity contribution < 1.29 is 4.79 Å². The largest absolute Gasteiger partial charge is 0.340 e. The number of thioether (sulfide) groups is 1. The molecule has 0 radical (unpaired) electrons. The van der Waals surface area contributed by atoms with Crippen molar-refractivity contribution in [1.29, 1.82) is 0 Å². The van der Waals surface area contributed by atoms with E-state index in [9.17, 15) is 4.79 Å². The summed E-state index contributed by atoms with van der Waals surface area (Å²) in [6.45, 7) is 6.56. The van der Waals surface area contributed by atoms with E-state index in [4.69, 9.17) is 0 Å². The van der Waals surface area contributed by atoms with Crippen LogP contribution in [-0.4, -0.2) is 47.5 Å². The minimum absolute atomic E-state index is 0. The van der Waals surface area contributed by atoms with Gasteiger partial charge in [0.2, 0.25) is 5.91 Å². The van der Waals surface area contributed by atoms with Gasteiger partial charge in [0, 0.05) is 43.1 Å². The van der Waals surface area contributed by atoms with E-state index in [1.807, 2.05) is 11.8 Å². The number of amides is 1. The maximum absolute atomic E-state index is 12.5. The average molecular weight is 321 g/mol. The molecule has 2 rings (SSSR count). The Hall–Kier alpha value is 0.0700. The van der Waals surface area contributed by atoms with E-state index < -0.39 is 0 Å². The minimum atomic E-state index is 0. The number of likely N-dealkylation sites (tertiary alicyclic amines) is 1. The summed E-state index contributed by atoms with van der Waals surface area (Å²) in [4.78, 5) is 14.7. The maximum Gasteiger partial charge on any atom is 0.224 e. The fourth-order valence-corrected chi connectivity index (χ4v) is 4.15.